The number of hydrogen-bond acceptors (Lipinski definition) is 3. The Morgan fingerprint density at radius 1 is 1.38 bits per heavy atom. The Morgan fingerprint density at radius 3 is 2.81 bits per heavy atom. The number of sulfonamides is 1. The minimum atomic E-state index is -3.03. The minimum Gasteiger partial charge on any atom is -0.261 e. The molecule has 0 unspecified atom stereocenters. The third-order valence-corrected chi connectivity index (χ3v) is 4.69. The molecule has 0 amide bonds. The van der Waals surface area contributed by atoms with E-state index in [1.165, 1.54) is 0 Å². The summed E-state index contributed by atoms with van der Waals surface area (Å²) in [6.07, 6.45) is 3.49. The highest BCUT2D eigenvalue weighted by Gasteiger charge is 2.25. The van der Waals surface area contributed by atoms with Crippen LogP contribution in [0.4, 0.5) is 0 Å². The molecule has 1 aromatic rings. The first-order valence-corrected chi connectivity index (χ1v) is 7.08. The fourth-order valence-corrected chi connectivity index (χ4v) is 3.39. The third-order valence-electron chi connectivity index (χ3n) is 2.78. The van der Waals surface area contributed by atoms with E-state index in [2.05, 4.69) is 4.98 Å². The molecule has 0 aromatic carbocycles. The number of aryl methyl sites for hydroxylation is 1. The van der Waals surface area contributed by atoms with Gasteiger partial charge in [0.15, 0.2) is 0 Å². The van der Waals surface area contributed by atoms with Gasteiger partial charge in [0, 0.05) is 25.0 Å². The van der Waals surface area contributed by atoms with E-state index in [1.807, 2.05) is 19.1 Å². The van der Waals surface area contributed by atoms with Crippen molar-refractivity contribution < 1.29 is 8.42 Å². The molecule has 1 fully saturated rings. The lowest BCUT2D eigenvalue weighted by Gasteiger charge is -2.26. The molecule has 0 atom stereocenters. The van der Waals surface area contributed by atoms with Crippen LogP contribution in [0.5, 0.6) is 0 Å². The van der Waals surface area contributed by atoms with Crippen LogP contribution in [0.1, 0.15) is 24.1 Å². The fraction of sp³-hybridized carbons (Fsp3) is 0.545. The second-order valence-electron chi connectivity index (χ2n) is 4.16. The average molecular weight is 240 g/mol. The second-order valence-corrected chi connectivity index (χ2v) is 6.25. The molecule has 0 radical (unpaired) electrons. The minimum absolute atomic E-state index is 0.284. The maximum atomic E-state index is 11.8. The lowest BCUT2D eigenvalue weighted by atomic mass is 10.2. The first kappa shape index (κ1) is 11.5. The molecule has 1 aromatic heterocycles. The summed E-state index contributed by atoms with van der Waals surface area (Å²) in [6, 6.07) is 3.85. The van der Waals surface area contributed by atoms with Gasteiger partial charge in [0.25, 0.3) is 0 Å². The molecule has 5 heteroatoms. The van der Waals surface area contributed by atoms with E-state index in [1.54, 1.807) is 10.5 Å². The Morgan fingerprint density at radius 2 is 2.19 bits per heavy atom. The second kappa shape index (κ2) is 4.51. The van der Waals surface area contributed by atoms with Crippen LogP contribution in [0.15, 0.2) is 18.3 Å². The van der Waals surface area contributed by atoms with Gasteiger partial charge >= 0.3 is 0 Å². The molecule has 88 valence electrons. The maximum absolute atomic E-state index is 11.8. The van der Waals surface area contributed by atoms with E-state index in [-0.39, 0.29) is 5.75 Å². The predicted molar refractivity (Wildman–Crippen MR) is 62.4 cm³/mol. The monoisotopic (exact) mass is 240 g/mol. The Hall–Kier alpha value is -0.940. The van der Waals surface area contributed by atoms with E-state index < -0.39 is 10.0 Å². The van der Waals surface area contributed by atoms with Gasteiger partial charge in [-0.15, -0.1) is 0 Å². The number of aromatic nitrogens is 1. The molecule has 1 aliphatic heterocycles. The zero-order chi connectivity index (χ0) is 11.6. The summed E-state index contributed by atoms with van der Waals surface area (Å²) in [5.74, 6) is 0.284. The topological polar surface area (TPSA) is 50.3 Å². The molecule has 0 aliphatic carbocycles. The molecular formula is C11H16N2O2S. The van der Waals surface area contributed by atoms with Crippen LogP contribution in [0.25, 0.3) is 0 Å². The van der Waals surface area contributed by atoms with Gasteiger partial charge in [-0.2, -0.15) is 4.31 Å². The zero-order valence-electron chi connectivity index (χ0n) is 9.39. The van der Waals surface area contributed by atoms with Crippen LogP contribution in [-0.2, 0) is 16.6 Å². The van der Waals surface area contributed by atoms with Crippen molar-refractivity contribution in [2.75, 3.05) is 12.3 Å². The van der Waals surface area contributed by atoms with Gasteiger partial charge < -0.3 is 0 Å². The van der Waals surface area contributed by atoms with Crippen LogP contribution in [0.2, 0.25) is 0 Å². The van der Waals surface area contributed by atoms with E-state index in [9.17, 15) is 8.42 Å². The molecule has 2 heterocycles. The van der Waals surface area contributed by atoms with Crippen molar-refractivity contribution in [2.24, 2.45) is 0 Å². The number of hydrogen-bond donors (Lipinski definition) is 0. The van der Waals surface area contributed by atoms with Crippen molar-refractivity contribution in [2.45, 2.75) is 26.3 Å². The van der Waals surface area contributed by atoms with Crippen molar-refractivity contribution >= 4 is 10.0 Å². The number of pyridine rings is 1. The molecule has 1 saturated heterocycles. The van der Waals surface area contributed by atoms with E-state index >= 15 is 0 Å². The highest BCUT2D eigenvalue weighted by atomic mass is 32.2. The van der Waals surface area contributed by atoms with Crippen LogP contribution < -0.4 is 0 Å². The fourth-order valence-electron chi connectivity index (χ4n) is 1.81. The third kappa shape index (κ3) is 2.59. The molecule has 0 saturated carbocycles. The molecule has 0 spiro atoms. The predicted octanol–water partition coefficient (Wildman–Crippen LogP) is 1.32. The van der Waals surface area contributed by atoms with Gasteiger partial charge in [-0.05, 0) is 31.4 Å². The Balaban J connectivity index is 2.11. The molecule has 16 heavy (non-hydrogen) atoms. The highest BCUT2D eigenvalue weighted by molar-refractivity contribution is 7.89. The molecule has 0 N–H and O–H groups in total. The van der Waals surface area contributed by atoms with Gasteiger partial charge in [0.05, 0.1) is 5.75 Å². The summed E-state index contributed by atoms with van der Waals surface area (Å²) in [4.78, 5) is 4.17. The van der Waals surface area contributed by atoms with E-state index in [0.717, 1.165) is 24.1 Å². The quantitative estimate of drug-likeness (QED) is 0.783. The van der Waals surface area contributed by atoms with Crippen molar-refractivity contribution in [3.63, 3.8) is 0 Å². The van der Waals surface area contributed by atoms with E-state index in [0.29, 0.717) is 13.1 Å². The standard InChI is InChI=1S/C11H16N2O2S/c1-10-4-5-11(8-12-10)9-13-6-2-3-7-16(13,14)15/h4-5,8H,2-3,6-7,9H2,1H3. The number of rotatable bonds is 2. The average Bonchev–Trinajstić information content (AvgIpc) is 2.24. The normalized spacial score (nSPS) is 20.8. The van der Waals surface area contributed by atoms with Gasteiger partial charge in [0.1, 0.15) is 0 Å². The molecular weight excluding hydrogens is 224 g/mol. The summed E-state index contributed by atoms with van der Waals surface area (Å²) >= 11 is 0. The van der Waals surface area contributed by atoms with E-state index in [4.69, 9.17) is 0 Å². The number of nitrogens with zero attached hydrogens (tertiary/aromatic N) is 2. The smallest absolute Gasteiger partial charge is 0.214 e. The summed E-state index contributed by atoms with van der Waals surface area (Å²) in [6.45, 7) is 3.01. The SMILES string of the molecule is Cc1ccc(CN2CCCCS2(=O)=O)cn1. The van der Waals surface area contributed by atoms with Gasteiger partial charge in [0.2, 0.25) is 10.0 Å². The first-order chi connectivity index (χ1) is 7.58. The van der Waals surface area contributed by atoms with Gasteiger partial charge in [-0.3, -0.25) is 4.98 Å². The summed E-state index contributed by atoms with van der Waals surface area (Å²) in [5, 5.41) is 0. The van der Waals surface area contributed by atoms with Crippen LogP contribution in [-0.4, -0.2) is 30.0 Å². The molecule has 4 nitrogen and oxygen atoms in total. The maximum Gasteiger partial charge on any atom is 0.214 e. The highest BCUT2D eigenvalue weighted by Crippen LogP contribution is 2.16. The van der Waals surface area contributed by atoms with Crippen molar-refractivity contribution in [1.82, 2.24) is 9.29 Å². The van der Waals surface area contributed by atoms with Crippen molar-refractivity contribution in [3.05, 3.63) is 29.6 Å². The van der Waals surface area contributed by atoms with Crippen molar-refractivity contribution in [3.8, 4) is 0 Å². The van der Waals surface area contributed by atoms with Crippen LogP contribution >= 0.6 is 0 Å². The zero-order valence-corrected chi connectivity index (χ0v) is 10.2. The Bertz CT molecular complexity index is 453. The molecule has 2 rings (SSSR count). The van der Waals surface area contributed by atoms with Crippen molar-refractivity contribution in [1.29, 1.82) is 0 Å². The lowest BCUT2D eigenvalue weighted by molar-refractivity contribution is 0.378. The molecule has 1 aliphatic rings. The molecule has 0 bridgehead atoms. The van der Waals surface area contributed by atoms with Crippen LogP contribution in [0, 0.1) is 6.92 Å². The summed E-state index contributed by atoms with van der Waals surface area (Å²) in [7, 11) is -3.03. The largest absolute Gasteiger partial charge is 0.261 e. The first-order valence-electron chi connectivity index (χ1n) is 5.47. The summed E-state index contributed by atoms with van der Waals surface area (Å²) < 4.78 is 25.1. The Kier molecular flexibility index (Phi) is 3.25. The van der Waals surface area contributed by atoms with Gasteiger partial charge in [-0.25, -0.2) is 8.42 Å². The van der Waals surface area contributed by atoms with Crippen LogP contribution in [0.3, 0.4) is 0 Å². The van der Waals surface area contributed by atoms with Gasteiger partial charge in [-0.1, -0.05) is 6.07 Å². The Labute approximate surface area is 96.4 Å². The lowest BCUT2D eigenvalue weighted by Crippen LogP contribution is -2.37. The summed E-state index contributed by atoms with van der Waals surface area (Å²) in [5.41, 5.74) is 1.90.